The molecule has 1 aliphatic heterocycles. The van der Waals surface area contributed by atoms with Crippen molar-refractivity contribution in [2.45, 2.75) is 13.0 Å². The molecule has 7 heteroatoms. The summed E-state index contributed by atoms with van der Waals surface area (Å²) in [5, 5.41) is 2.09. The zero-order chi connectivity index (χ0) is 16.9. The molecular weight excluding hydrogens is 322 g/mol. The number of amides is 1. The van der Waals surface area contributed by atoms with Gasteiger partial charge in [0.15, 0.2) is 0 Å². The Bertz CT molecular complexity index is 673. The maximum atomic E-state index is 12.9. The SMILES string of the molecule is CN(C)c1ncccc1C(=O)N1CCCN(Cc2cscn2)CC1. The lowest BCUT2D eigenvalue weighted by molar-refractivity contribution is 0.0761. The van der Waals surface area contributed by atoms with Crippen LogP contribution < -0.4 is 4.90 Å². The number of hydrogen-bond acceptors (Lipinski definition) is 6. The minimum absolute atomic E-state index is 0.0716. The van der Waals surface area contributed by atoms with Crippen LogP contribution in [0.25, 0.3) is 0 Å². The molecule has 0 unspecified atom stereocenters. The largest absolute Gasteiger partial charge is 0.362 e. The van der Waals surface area contributed by atoms with E-state index in [1.54, 1.807) is 17.5 Å². The minimum atomic E-state index is 0.0716. The quantitative estimate of drug-likeness (QED) is 0.848. The normalized spacial score (nSPS) is 16.0. The first-order valence-electron chi connectivity index (χ1n) is 8.16. The van der Waals surface area contributed by atoms with Crippen molar-refractivity contribution in [1.82, 2.24) is 19.8 Å². The average Bonchev–Trinajstić information content (AvgIpc) is 2.98. The highest BCUT2D eigenvalue weighted by Gasteiger charge is 2.23. The van der Waals surface area contributed by atoms with Gasteiger partial charge in [0.05, 0.1) is 16.8 Å². The second-order valence-corrected chi connectivity index (χ2v) is 6.89. The highest BCUT2D eigenvalue weighted by Crippen LogP contribution is 2.18. The molecule has 2 aromatic heterocycles. The summed E-state index contributed by atoms with van der Waals surface area (Å²) in [6.45, 7) is 4.26. The van der Waals surface area contributed by atoms with Gasteiger partial charge in [-0.1, -0.05) is 0 Å². The fourth-order valence-electron chi connectivity index (χ4n) is 2.97. The molecule has 1 fully saturated rings. The Kier molecular flexibility index (Phi) is 5.42. The van der Waals surface area contributed by atoms with Gasteiger partial charge in [0.25, 0.3) is 5.91 Å². The van der Waals surface area contributed by atoms with E-state index in [0.717, 1.165) is 50.7 Å². The van der Waals surface area contributed by atoms with Crippen LogP contribution in [0.5, 0.6) is 0 Å². The van der Waals surface area contributed by atoms with Gasteiger partial charge in [0, 0.05) is 58.4 Å². The molecule has 0 atom stereocenters. The summed E-state index contributed by atoms with van der Waals surface area (Å²) in [6, 6.07) is 3.69. The number of carbonyl (C=O) groups excluding carboxylic acids is 1. The second-order valence-electron chi connectivity index (χ2n) is 6.17. The standard InChI is InChI=1S/C17H23N5OS/c1-20(2)16-15(5-3-6-18-16)17(23)22-8-4-7-21(9-10-22)11-14-12-24-13-19-14/h3,5-6,12-13H,4,7-11H2,1-2H3. The summed E-state index contributed by atoms with van der Waals surface area (Å²) in [6.07, 6.45) is 2.71. The summed E-state index contributed by atoms with van der Waals surface area (Å²) < 4.78 is 0. The molecule has 0 spiro atoms. The lowest BCUT2D eigenvalue weighted by Gasteiger charge is -2.23. The molecule has 128 valence electrons. The molecule has 1 amide bonds. The molecule has 0 radical (unpaired) electrons. The van der Waals surface area contributed by atoms with Crippen molar-refractivity contribution in [3.05, 3.63) is 40.5 Å². The number of pyridine rings is 1. The van der Waals surface area contributed by atoms with Crippen LogP contribution in [0.2, 0.25) is 0 Å². The number of nitrogens with zero attached hydrogens (tertiary/aromatic N) is 5. The van der Waals surface area contributed by atoms with Crippen molar-refractivity contribution in [3.63, 3.8) is 0 Å². The van der Waals surface area contributed by atoms with Crippen molar-refractivity contribution in [1.29, 1.82) is 0 Å². The monoisotopic (exact) mass is 345 g/mol. The summed E-state index contributed by atoms with van der Waals surface area (Å²) in [7, 11) is 3.83. The van der Waals surface area contributed by atoms with Crippen LogP contribution in [-0.2, 0) is 6.54 Å². The first-order chi connectivity index (χ1) is 11.6. The fourth-order valence-corrected chi connectivity index (χ4v) is 3.52. The van der Waals surface area contributed by atoms with E-state index in [9.17, 15) is 4.79 Å². The zero-order valence-electron chi connectivity index (χ0n) is 14.2. The Hall–Kier alpha value is -1.99. The highest BCUT2D eigenvalue weighted by atomic mass is 32.1. The van der Waals surface area contributed by atoms with Crippen LogP contribution in [0.3, 0.4) is 0 Å². The molecule has 2 aromatic rings. The van der Waals surface area contributed by atoms with Crippen molar-refractivity contribution < 1.29 is 4.79 Å². The third-order valence-electron chi connectivity index (χ3n) is 4.19. The molecule has 6 nitrogen and oxygen atoms in total. The third-order valence-corrected chi connectivity index (χ3v) is 4.82. The van der Waals surface area contributed by atoms with E-state index in [1.807, 2.05) is 41.5 Å². The smallest absolute Gasteiger partial charge is 0.257 e. The lowest BCUT2D eigenvalue weighted by Crippen LogP contribution is -2.36. The molecule has 3 heterocycles. The summed E-state index contributed by atoms with van der Waals surface area (Å²) in [5.41, 5.74) is 3.66. The van der Waals surface area contributed by atoms with Gasteiger partial charge in [-0.15, -0.1) is 11.3 Å². The van der Waals surface area contributed by atoms with Gasteiger partial charge in [0.2, 0.25) is 0 Å². The van der Waals surface area contributed by atoms with Gasteiger partial charge < -0.3 is 9.80 Å². The van der Waals surface area contributed by atoms with Crippen molar-refractivity contribution in [3.8, 4) is 0 Å². The molecular formula is C17H23N5OS. The van der Waals surface area contributed by atoms with Crippen molar-refractivity contribution in [2.75, 3.05) is 45.2 Å². The zero-order valence-corrected chi connectivity index (χ0v) is 15.0. The third kappa shape index (κ3) is 3.91. The maximum absolute atomic E-state index is 12.9. The molecule has 1 aliphatic rings. The van der Waals surface area contributed by atoms with Crippen LogP contribution >= 0.6 is 11.3 Å². The first kappa shape index (κ1) is 16.9. The number of hydrogen-bond donors (Lipinski definition) is 0. The summed E-state index contributed by atoms with van der Waals surface area (Å²) >= 11 is 1.63. The van der Waals surface area contributed by atoms with E-state index < -0.39 is 0 Å². The number of anilines is 1. The van der Waals surface area contributed by atoms with Gasteiger partial charge in [-0.25, -0.2) is 9.97 Å². The topological polar surface area (TPSA) is 52.6 Å². The van der Waals surface area contributed by atoms with Gasteiger partial charge in [-0.05, 0) is 18.6 Å². The Balaban J connectivity index is 1.66. The van der Waals surface area contributed by atoms with Gasteiger partial charge in [-0.2, -0.15) is 0 Å². The van der Waals surface area contributed by atoms with Crippen LogP contribution in [-0.4, -0.2) is 65.9 Å². The molecule has 0 saturated carbocycles. The molecule has 0 N–H and O–H groups in total. The van der Waals surface area contributed by atoms with Crippen LogP contribution in [0, 0.1) is 0 Å². The van der Waals surface area contributed by atoms with Crippen molar-refractivity contribution in [2.24, 2.45) is 0 Å². The Labute approximate surface area is 146 Å². The van der Waals surface area contributed by atoms with Crippen molar-refractivity contribution >= 4 is 23.1 Å². The molecule has 0 bridgehead atoms. The van der Waals surface area contributed by atoms with E-state index in [4.69, 9.17) is 0 Å². The average molecular weight is 345 g/mol. The van der Waals surface area contributed by atoms with Crippen LogP contribution in [0.1, 0.15) is 22.5 Å². The van der Waals surface area contributed by atoms with Gasteiger partial charge in [0.1, 0.15) is 5.82 Å². The number of thiazole rings is 1. The fraction of sp³-hybridized carbons (Fsp3) is 0.471. The molecule has 0 aromatic carbocycles. The Morgan fingerprint density at radius 3 is 2.88 bits per heavy atom. The van der Waals surface area contributed by atoms with E-state index in [1.165, 1.54) is 0 Å². The van der Waals surface area contributed by atoms with Crippen LogP contribution in [0.15, 0.2) is 29.2 Å². The highest BCUT2D eigenvalue weighted by molar-refractivity contribution is 7.07. The maximum Gasteiger partial charge on any atom is 0.257 e. The van der Waals surface area contributed by atoms with Gasteiger partial charge >= 0.3 is 0 Å². The van der Waals surface area contributed by atoms with E-state index in [0.29, 0.717) is 5.56 Å². The number of aromatic nitrogens is 2. The molecule has 24 heavy (non-hydrogen) atoms. The number of carbonyl (C=O) groups is 1. The summed E-state index contributed by atoms with van der Waals surface area (Å²) in [4.78, 5) is 27.8. The van der Waals surface area contributed by atoms with E-state index >= 15 is 0 Å². The van der Waals surface area contributed by atoms with E-state index in [2.05, 4.69) is 20.2 Å². The van der Waals surface area contributed by atoms with E-state index in [-0.39, 0.29) is 5.91 Å². The van der Waals surface area contributed by atoms with Gasteiger partial charge in [-0.3, -0.25) is 9.69 Å². The lowest BCUT2D eigenvalue weighted by atomic mass is 10.2. The van der Waals surface area contributed by atoms with Crippen LogP contribution in [0.4, 0.5) is 5.82 Å². The molecule has 3 rings (SSSR count). The summed E-state index contributed by atoms with van der Waals surface area (Å²) in [5.74, 6) is 0.799. The minimum Gasteiger partial charge on any atom is -0.362 e. The first-order valence-corrected chi connectivity index (χ1v) is 9.10. The predicted molar refractivity (Wildman–Crippen MR) is 96.5 cm³/mol. The predicted octanol–water partition coefficient (Wildman–Crippen LogP) is 1.95. The second kappa shape index (κ2) is 7.72. The molecule has 0 aliphatic carbocycles. The Morgan fingerprint density at radius 1 is 1.25 bits per heavy atom. The Morgan fingerprint density at radius 2 is 2.12 bits per heavy atom. The molecule has 1 saturated heterocycles. The number of rotatable bonds is 4.